The molecule has 0 spiro atoms. The van der Waals surface area contributed by atoms with Crippen LogP contribution in [0.1, 0.15) is 53.4 Å². The predicted octanol–water partition coefficient (Wildman–Crippen LogP) is 2.64. The average molecular weight is 268 g/mol. The van der Waals surface area contributed by atoms with E-state index in [1.165, 1.54) is 19.3 Å². The molecular weight excluding hydrogens is 236 g/mol. The number of hydrogen-bond donors (Lipinski definition) is 1. The maximum absolute atomic E-state index is 6.42. The van der Waals surface area contributed by atoms with Gasteiger partial charge in [-0.3, -0.25) is 4.90 Å². The Bertz CT molecular complexity index is 287. The van der Waals surface area contributed by atoms with E-state index in [2.05, 4.69) is 32.6 Å². The van der Waals surface area contributed by atoms with Gasteiger partial charge in [-0.25, -0.2) is 0 Å². The number of nitrogens with zero attached hydrogens (tertiary/aromatic N) is 1. The monoisotopic (exact) mass is 268 g/mol. The Morgan fingerprint density at radius 2 is 2.00 bits per heavy atom. The molecule has 1 saturated heterocycles. The van der Waals surface area contributed by atoms with Crippen molar-refractivity contribution in [3.05, 3.63) is 0 Å². The summed E-state index contributed by atoms with van der Waals surface area (Å²) in [6.45, 7) is 12.4. The topological polar surface area (TPSA) is 38.5 Å². The highest BCUT2D eigenvalue weighted by Gasteiger charge is 2.38. The van der Waals surface area contributed by atoms with Gasteiger partial charge >= 0.3 is 0 Å². The molecule has 1 heterocycles. The second-order valence-corrected chi connectivity index (χ2v) is 7.50. The van der Waals surface area contributed by atoms with E-state index in [-0.39, 0.29) is 0 Å². The third kappa shape index (κ3) is 3.71. The molecule has 0 aromatic heterocycles. The van der Waals surface area contributed by atoms with Gasteiger partial charge in [0.15, 0.2) is 0 Å². The molecule has 19 heavy (non-hydrogen) atoms. The number of hydrogen-bond acceptors (Lipinski definition) is 3. The van der Waals surface area contributed by atoms with Crippen LogP contribution in [0.4, 0.5) is 0 Å². The first-order chi connectivity index (χ1) is 8.91. The fourth-order valence-corrected chi connectivity index (χ4v) is 3.67. The van der Waals surface area contributed by atoms with E-state index in [1.54, 1.807) is 0 Å². The van der Waals surface area contributed by atoms with Crippen LogP contribution in [-0.4, -0.2) is 42.8 Å². The zero-order valence-corrected chi connectivity index (χ0v) is 13.2. The van der Waals surface area contributed by atoms with Gasteiger partial charge in [-0.2, -0.15) is 0 Å². The van der Waals surface area contributed by atoms with Gasteiger partial charge in [-0.15, -0.1) is 0 Å². The second-order valence-electron chi connectivity index (χ2n) is 7.50. The molecule has 2 aliphatic rings. The molecule has 2 fully saturated rings. The highest BCUT2D eigenvalue weighted by atomic mass is 16.5. The summed E-state index contributed by atoms with van der Waals surface area (Å²) in [6.07, 6.45) is 5.27. The summed E-state index contributed by atoms with van der Waals surface area (Å²) in [5.41, 5.74) is 6.83. The molecule has 4 atom stereocenters. The van der Waals surface area contributed by atoms with Crippen molar-refractivity contribution in [2.24, 2.45) is 17.1 Å². The van der Waals surface area contributed by atoms with Crippen molar-refractivity contribution >= 4 is 0 Å². The fourth-order valence-electron chi connectivity index (χ4n) is 3.67. The van der Waals surface area contributed by atoms with Crippen LogP contribution in [0.15, 0.2) is 0 Å². The Hall–Kier alpha value is -0.120. The molecule has 0 bridgehead atoms. The molecule has 112 valence electrons. The second kappa shape index (κ2) is 6.11. The highest BCUT2D eigenvalue weighted by molar-refractivity contribution is 4.93. The third-order valence-corrected chi connectivity index (χ3v) is 5.19. The van der Waals surface area contributed by atoms with Gasteiger partial charge in [0.25, 0.3) is 0 Å². The summed E-state index contributed by atoms with van der Waals surface area (Å²) in [7, 11) is 0. The van der Waals surface area contributed by atoms with Crippen molar-refractivity contribution in [2.45, 2.75) is 71.6 Å². The van der Waals surface area contributed by atoms with Gasteiger partial charge in [-0.1, -0.05) is 27.7 Å². The van der Waals surface area contributed by atoms with Crippen molar-refractivity contribution in [3.63, 3.8) is 0 Å². The Kier molecular flexibility index (Phi) is 4.91. The van der Waals surface area contributed by atoms with Gasteiger partial charge in [0.1, 0.15) is 0 Å². The number of morpholine rings is 1. The van der Waals surface area contributed by atoms with E-state index >= 15 is 0 Å². The minimum absolute atomic E-state index is 0.356. The van der Waals surface area contributed by atoms with Crippen LogP contribution in [-0.2, 0) is 4.74 Å². The van der Waals surface area contributed by atoms with Crippen molar-refractivity contribution in [1.82, 2.24) is 4.90 Å². The van der Waals surface area contributed by atoms with Crippen LogP contribution in [0.5, 0.6) is 0 Å². The molecule has 0 aromatic carbocycles. The van der Waals surface area contributed by atoms with Crippen LogP contribution in [0.2, 0.25) is 0 Å². The van der Waals surface area contributed by atoms with E-state index in [0.717, 1.165) is 32.0 Å². The molecule has 0 radical (unpaired) electrons. The summed E-state index contributed by atoms with van der Waals surface area (Å²) in [5, 5.41) is 0. The lowest BCUT2D eigenvalue weighted by Crippen LogP contribution is -2.57. The molecule has 1 saturated carbocycles. The van der Waals surface area contributed by atoms with Crippen LogP contribution < -0.4 is 5.73 Å². The summed E-state index contributed by atoms with van der Waals surface area (Å²) in [6, 6.07) is 0.921. The lowest BCUT2D eigenvalue weighted by molar-refractivity contribution is -0.0596. The van der Waals surface area contributed by atoms with E-state index in [9.17, 15) is 0 Å². The van der Waals surface area contributed by atoms with E-state index in [1.807, 2.05) is 0 Å². The van der Waals surface area contributed by atoms with Crippen LogP contribution in [0.3, 0.4) is 0 Å². The minimum atomic E-state index is 0.356. The van der Waals surface area contributed by atoms with E-state index in [0.29, 0.717) is 23.6 Å². The third-order valence-electron chi connectivity index (χ3n) is 5.19. The molecule has 1 aliphatic carbocycles. The molecule has 4 unspecified atom stereocenters. The normalized spacial score (nSPS) is 38.4. The standard InChI is InChI=1S/C16H32N2O/c1-5-13-11-18(8-9-19-13)15-10-12(16(2,3)4)6-7-14(15)17/h12-15H,5-11,17H2,1-4H3. The van der Waals surface area contributed by atoms with Crippen LogP contribution in [0, 0.1) is 11.3 Å². The first-order valence-corrected chi connectivity index (χ1v) is 8.03. The zero-order valence-electron chi connectivity index (χ0n) is 13.2. The van der Waals surface area contributed by atoms with Crippen molar-refractivity contribution in [3.8, 4) is 0 Å². The first-order valence-electron chi connectivity index (χ1n) is 8.03. The molecule has 2 N–H and O–H groups in total. The fraction of sp³-hybridized carbons (Fsp3) is 1.00. The average Bonchev–Trinajstić information content (AvgIpc) is 2.38. The summed E-state index contributed by atoms with van der Waals surface area (Å²) < 4.78 is 5.80. The maximum Gasteiger partial charge on any atom is 0.0700 e. The number of rotatable bonds is 2. The molecule has 0 amide bonds. The van der Waals surface area contributed by atoms with Gasteiger partial charge in [0.2, 0.25) is 0 Å². The number of nitrogens with two attached hydrogens (primary N) is 1. The zero-order chi connectivity index (χ0) is 14.0. The Labute approximate surface area is 118 Å². The Balaban J connectivity index is 2.00. The van der Waals surface area contributed by atoms with Crippen LogP contribution in [0.25, 0.3) is 0 Å². The summed E-state index contributed by atoms with van der Waals surface area (Å²) in [4.78, 5) is 2.61. The largest absolute Gasteiger partial charge is 0.376 e. The van der Waals surface area contributed by atoms with Gasteiger partial charge in [0.05, 0.1) is 12.7 Å². The molecule has 3 heteroatoms. The molecule has 3 nitrogen and oxygen atoms in total. The van der Waals surface area contributed by atoms with Crippen molar-refractivity contribution < 1.29 is 4.74 Å². The van der Waals surface area contributed by atoms with E-state index in [4.69, 9.17) is 10.5 Å². The number of ether oxygens (including phenoxy) is 1. The molecule has 1 aliphatic heterocycles. The molecule has 0 aromatic rings. The summed E-state index contributed by atoms with van der Waals surface area (Å²) >= 11 is 0. The molecular formula is C16H32N2O. The predicted molar refractivity (Wildman–Crippen MR) is 80.2 cm³/mol. The minimum Gasteiger partial charge on any atom is -0.376 e. The smallest absolute Gasteiger partial charge is 0.0700 e. The SMILES string of the molecule is CCC1CN(C2CC(C(C)(C)C)CCC2N)CCO1. The molecule has 2 rings (SSSR count). The first kappa shape index (κ1) is 15.3. The highest BCUT2D eigenvalue weighted by Crippen LogP contribution is 2.39. The maximum atomic E-state index is 6.42. The van der Waals surface area contributed by atoms with Crippen molar-refractivity contribution in [1.29, 1.82) is 0 Å². The van der Waals surface area contributed by atoms with Gasteiger partial charge < -0.3 is 10.5 Å². The Morgan fingerprint density at radius 3 is 2.63 bits per heavy atom. The van der Waals surface area contributed by atoms with Gasteiger partial charge in [-0.05, 0) is 37.0 Å². The lowest BCUT2D eigenvalue weighted by atomic mass is 9.69. The Morgan fingerprint density at radius 1 is 1.26 bits per heavy atom. The summed E-state index contributed by atoms with van der Waals surface area (Å²) in [5.74, 6) is 0.806. The van der Waals surface area contributed by atoms with Crippen LogP contribution >= 0.6 is 0 Å². The lowest BCUT2D eigenvalue weighted by Gasteiger charge is -2.47. The van der Waals surface area contributed by atoms with Crippen molar-refractivity contribution in [2.75, 3.05) is 19.7 Å². The van der Waals surface area contributed by atoms with Gasteiger partial charge in [0, 0.05) is 25.2 Å². The quantitative estimate of drug-likeness (QED) is 0.837. The van der Waals surface area contributed by atoms with E-state index < -0.39 is 0 Å².